The van der Waals surface area contributed by atoms with Gasteiger partial charge in [0.25, 0.3) is 0 Å². The van der Waals surface area contributed by atoms with Gasteiger partial charge in [-0.1, -0.05) is 24.6 Å². The van der Waals surface area contributed by atoms with E-state index >= 15 is 0 Å². The molecule has 0 rings (SSSR count). The van der Waals surface area contributed by atoms with E-state index in [9.17, 15) is 0 Å². The molecule has 0 aliphatic rings. The summed E-state index contributed by atoms with van der Waals surface area (Å²) in [6.07, 6.45) is 2.86. The number of hydrogen-bond donors (Lipinski definition) is 0. The van der Waals surface area contributed by atoms with Crippen molar-refractivity contribution in [3.05, 3.63) is 11.1 Å². The van der Waals surface area contributed by atoms with Gasteiger partial charge in [-0.2, -0.15) is 0 Å². The zero-order chi connectivity index (χ0) is 5.70. The summed E-state index contributed by atoms with van der Waals surface area (Å²) in [5.74, 6) is 0.440. The van der Waals surface area contributed by atoms with Crippen molar-refractivity contribution in [2.75, 3.05) is 5.88 Å². The molecule has 0 spiro atoms. The molecule has 0 aliphatic heterocycles. The Hall–Kier alpha value is 0.320. The van der Waals surface area contributed by atoms with Crippen LogP contribution in [-0.2, 0) is 0 Å². The summed E-state index contributed by atoms with van der Waals surface area (Å²) in [6.45, 7) is 2.02. The van der Waals surface area contributed by atoms with E-state index in [0.29, 0.717) is 5.88 Å². The number of allylic oxidation sites excluding steroid dienone is 2. The average molecular weight is 139 g/mol. The van der Waals surface area contributed by atoms with Gasteiger partial charge in [0, 0.05) is 5.03 Å². The van der Waals surface area contributed by atoms with E-state index in [1.54, 1.807) is 0 Å². The lowest BCUT2D eigenvalue weighted by Crippen LogP contribution is -1.68. The molecule has 0 N–H and O–H groups in total. The number of halogens is 2. The quantitative estimate of drug-likeness (QED) is 0.516. The van der Waals surface area contributed by atoms with Gasteiger partial charge in [0.05, 0.1) is 5.88 Å². The first kappa shape index (κ1) is 7.32. The molecule has 2 heteroatoms. The molecule has 0 aromatic rings. The maximum Gasteiger partial charge on any atom is 0.0578 e. The molecule has 0 aliphatic carbocycles. The smallest absolute Gasteiger partial charge is 0.0578 e. The van der Waals surface area contributed by atoms with Gasteiger partial charge >= 0.3 is 0 Å². The minimum atomic E-state index is 0.440. The molecule has 7 heavy (non-hydrogen) atoms. The van der Waals surface area contributed by atoms with Crippen molar-refractivity contribution in [3.8, 4) is 0 Å². The van der Waals surface area contributed by atoms with Gasteiger partial charge in [-0.25, -0.2) is 0 Å². The van der Waals surface area contributed by atoms with E-state index in [1.807, 2.05) is 13.0 Å². The molecule has 0 aromatic carbocycles. The van der Waals surface area contributed by atoms with Gasteiger partial charge in [0.2, 0.25) is 0 Å². The van der Waals surface area contributed by atoms with E-state index in [1.165, 1.54) is 0 Å². The van der Waals surface area contributed by atoms with Crippen LogP contribution in [0.5, 0.6) is 0 Å². The second-order valence-corrected chi connectivity index (χ2v) is 1.95. The Balaban J connectivity index is 3.29. The SMILES string of the molecule is CCC=C(Cl)CCl. The van der Waals surface area contributed by atoms with Crippen molar-refractivity contribution < 1.29 is 0 Å². The van der Waals surface area contributed by atoms with Gasteiger partial charge in [0.15, 0.2) is 0 Å². The van der Waals surface area contributed by atoms with Crippen molar-refractivity contribution in [2.24, 2.45) is 0 Å². The van der Waals surface area contributed by atoms with Crippen LogP contribution in [0.1, 0.15) is 13.3 Å². The van der Waals surface area contributed by atoms with Crippen molar-refractivity contribution in [1.82, 2.24) is 0 Å². The number of rotatable bonds is 2. The van der Waals surface area contributed by atoms with E-state index < -0.39 is 0 Å². The summed E-state index contributed by atoms with van der Waals surface area (Å²) in [6, 6.07) is 0. The van der Waals surface area contributed by atoms with Gasteiger partial charge in [-0.15, -0.1) is 11.6 Å². The predicted octanol–water partition coefficient (Wildman–Crippen LogP) is 2.76. The minimum Gasteiger partial charge on any atom is -0.121 e. The van der Waals surface area contributed by atoms with Crippen LogP contribution in [0.15, 0.2) is 11.1 Å². The summed E-state index contributed by atoms with van der Waals surface area (Å²) < 4.78 is 0. The second-order valence-electron chi connectivity index (χ2n) is 1.19. The number of alkyl halides is 1. The molecule has 0 saturated carbocycles. The maximum absolute atomic E-state index is 5.49. The van der Waals surface area contributed by atoms with Gasteiger partial charge in [0.1, 0.15) is 0 Å². The highest BCUT2D eigenvalue weighted by atomic mass is 35.5. The highest BCUT2D eigenvalue weighted by molar-refractivity contribution is 6.35. The van der Waals surface area contributed by atoms with E-state index in [2.05, 4.69) is 0 Å². The van der Waals surface area contributed by atoms with E-state index in [4.69, 9.17) is 23.2 Å². The fourth-order valence-electron chi connectivity index (χ4n) is 0.276. The summed E-state index contributed by atoms with van der Waals surface area (Å²) in [5.41, 5.74) is 0. The molecule has 42 valence electrons. The Bertz CT molecular complexity index is 66.5. The molecule has 0 radical (unpaired) electrons. The fraction of sp³-hybridized carbons (Fsp3) is 0.600. The van der Waals surface area contributed by atoms with Crippen LogP contribution in [-0.4, -0.2) is 5.88 Å². The molecule has 0 nitrogen and oxygen atoms in total. The maximum atomic E-state index is 5.49. The molecule has 0 aromatic heterocycles. The Morgan fingerprint density at radius 3 is 2.43 bits per heavy atom. The Labute approximate surface area is 54.1 Å². The van der Waals surface area contributed by atoms with Crippen LogP contribution in [0.25, 0.3) is 0 Å². The van der Waals surface area contributed by atoms with Crippen LogP contribution in [0.2, 0.25) is 0 Å². The van der Waals surface area contributed by atoms with Crippen molar-refractivity contribution in [1.29, 1.82) is 0 Å². The van der Waals surface area contributed by atoms with Crippen LogP contribution in [0, 0.1) is 0 Å². The summed E-state index contributed by atoms with van der Waals surface area (Å²) in [7, 11) is 0. The molecular weight excluding hydrogens is 131 g/mol. The van der Waals surface area contributed by atoms with Crippen molar-refractivity contribution >= 4 is 23.2 Å². The zero-order valence-electron chi connectivity index (χ0n) is 4.25. The normalized spacial score (nSPS) is 12.1. The van der Waals surface area contributed by atoms with Crippen LogP contribution < -0.4 is 0 Å². The summed E-state index contributed by atoms with van der Waals surface area (Å²) in [5, 5.41) is 0.740. The van der Waals surface area contributed by atoms with E-state index in [-0.39, 0.29) is 0 Å². The van der Waals surface area contributed by atoms with Gasteiger partial charge in [-0.3, -0.25) is 0 Å². The monoisotopic (exact) mass is 138 g/mol. The van der Waals surface area contributed by atoms with Crippen molar-refractivity contribution in [3.63, 3.8) is 0 Å². The topological polar surface area (TPSA) is 0 Å². The van der Waals surface area contributed by atoms with Gasteiger partial charge in [-0.05, 0) is 6.42 Å². The summed E-state index contributed by atoms with van der Waals surface area (Å²) >= 11 is 10.8. The van der Waals surface area contributed by atoms with E-state index in [0.717, 1.165) is 11.5 Å². The molecule has 0 heterocycles. The molecule has 0 atom stereocenters. The third-order valence-corrected chi connectivity index (χ3v) is 1.27. The van der Waals surface area contributed by atoms with Crippen LogP contribution in [0.3, 0.4) is 0 Å². The lowest BCUT2D eigenvalue weighted by atomic mass is 10.4. The third-order valence-electron chi connectivity index (χ3n) is 0.553. The summed E-state index contributed by atoms with van der Waals surface area (Å²) in [4.78, 5) is 0. The average Bonchev–Trinajstić information content (AvgIpc) is 1.68. The zero-order valence-corrected chi connectivity index (χ0v) is 5.76. The van der Waals surface area contributed by atoms with Crippen molar-refractivity contribution in [2.45, 2.75) is 13.3 Å². The molecule has 0 fully saturated rings. The number of hydrogen-bond acceptors (Lipinski definition) is 0. The predicted molar refractivity (Wildman–Crippen MR) is 34.9 cm³/mol. The third kappa shape index (κ3) is 4.17. The fourth-order valence-corrected chi connectivity index (χ4v) is 0.539. The minimum absolute atomic E-state index is 0.440. The Kier molecular flexibility index (Phi) is 4.68. The largest absolute Gasteiger partial charge is 0.121 e. The first-order chi connectivity index (χ1) is 3.31. The molecule has 0 saturated heterocycles. The van der Waals surface area contributed by atoms with Crippen LogP contribution >= 0.6 is 23.2 Å². The Morgan fingerprint density at radius 1 is 1.71 bits per heavy atom. The van der Waals surface area contributed by atoms with Gasteiger partial charge < -0.3 is 0 Å². The highest BCUT2D eigenvalue weighted by Gasteiger charge is 1.81. The molecule has 0 unspecified atom stereocenters. The Morgan fingerprint density at radius 2 is 2.29 bits per heavy atom. The lowest BCUT2D eigenvalue weighted by Gasteiger charge is -1.83. The highest BCUT2D eigenvalue weighted by Crippen LogP contribution is 2.03. The van der Waals surface area contributed by atoms with Crippen LogP contribution in [0.4, 0.5) is 0 Å². The standard InChI is InChI=1S/C5H8Cl2/c1-2-3-5(7)4-6/h3H,2,4H2,1H3. The first-order valence-electron chi connectivity index (χ1n) is 2.21. The second kappa shape index (κ2) is 4.48. The lowest BCUT2D eigenvalue weighted by molar-refractivity contribution is 1.21. The molecular formula is C5H8Cl2. The molecule has 0 bridgehead atoms. The first-order valence-corrected chi connectivity index (χ1v) is 3.13. The molecule has 0 amide bonds.